The standard InChI is InChI=1S/C17H18N2O4/c1-2-23-17(22)19(15-11-7-4-8-12-15)13-18(16(20)21)14-9-5-3-6-10-14/h3-12H,2,13H2,1H3,(H,20,21)/p-1. The van der Waals surface area contributed by atoms with Gasteiger partial charge in [0.15, 0.2) is 0 Å². The van der Waals surface area contributed by atoms with Gasteiger partial charge in [0.05, 0.1) is 6.61 Å². The van der Waals surface area contributed by atoms with E-state index in [2.05, 4.69) is 0 Å². The summed E-state index contributed by atoms with van der Waals surface area (Å²) in [6, 6.07) is 17.2. The van der Waals surface area contributed by atoms with Crippen LogP contribution in [0.4, 0.5) is 21.0 Å². The molecule has 0 aliphatic heterocycles. The second-order valence-electron chi connectivity index (χ2n) is 4.63. The molecule has 0 saturated carbocycles. The molecule has 6 heteroatoms. The third kappa shape index (κ3) is 4.23. The highest BCUT2D eigenvalue weighted by Crippen LogP contribution is 2.19. The van der Waals surface area contributed by atoms with Gasteiger partial charge in [0.2, 0.25) is 0 Å². The Bertz CT molecular complexity index is 646. The largest absolute Gasteiger partial charge is 0.530 e. The van der Waals surface area contributed by atoms with E-state index >= 15 is 0 Å². The predicted molar refractivity (Wildman–Crippen MR) is 85.1 cm³/mol. The van der Waals surface area contributed by atoms with Gasteiger partial charge in [-0.2, -0.15) is 0 Å². The fourth-order valence-corrected chi connectivity index (χ4v) is 2.05. The van der Waals surface area contributed by atoms with Crippen LogP contribution in [0.2, 0.25) is 0 Å². The van der Waals surface area contributed by atoms with Crippen LogP contribution in [0.1, 0.15) is 6.92 Å². The maximum absolute atomic E-state index is 12.2. The second-order valence-corrected chi connectivity index (χ2v) is 4.63. The summed E-state index contributed by atoms with van der Waals surface area (Å²) >= 11 is 0. The average Bonchev–Trinajstić information content (AvgIpc) is 2.57. The lowest BCUT2D eigenvalue weighted by molar-refractivity contribution is -0.246. The van der Waals surface area contributed by atoms with E-state index in [1.54, 1.807) is 67.6 Å². The van der Waals surface area contributed by atoms with Gasteiger partial charge >= 0.3 is 6.09 Å². The van der Waals surface area contributed by atoms with Crippen LogP contribution < -0.4 is 14.9 Å². The van der Waals surface area contributed by atoms with Crippen molar-refractivity contribution in [3.05, 3.63) is 60.7 Å². The van der Waals surface area contributed by atoms with E-state index in [1.807, 2.05) is 0 Å². The minimum absolute atomic E-state index is 0.193. The molecule has 0 aromatic heterocycles. The van der Waals surface area contributed by atoms with Gasteiger partial charge in [-0.25, -0.2) is 4.79 Å². The van der Waals surface area contributed by atoms with Crippen molar-refractivity contribution in [3.63, 3.8) is 0 Å². The lowest BCUT2D eigenvalue weighted by Gasteiger charge is -2.31. The Kier molecular flexibility index (Phi) is 5.57. The molecule has 0 spiro atoms. The summed E-state index contributed by atoms with van der Waals surface area (Å²) in [6.07, 6.45) is -2.03. The highest BCUT2D eigenvalue weighted by molar-refractivity contribution is 5.91. The average molecular weight is 313 g/mol. The minimum atomic E-state index is -1.40. The lowest BCUT2D eigenvalue weighted by Crippen LogP contribution is -2.49. The first kappa shape index (κ1) is 16.4. The Morgan fingerprint density at radius 2 is 1.39 bits per heavy atom. The number of carbonyl (C=O) groups is 2. The molecule has 0 bridgehead atoms. The zero-order chi connectivity index (χ0) is 16.7. The van der Waals surface area contributed by atoms with Crippen molar-refractivity contribution < 1.29 is 19.4 Å². The minimum Gasteiger partial charge on any atom is -0.530 e. The van der Waals surface area contributed by atoms with Crippen LogP contribution in [0.3, 0.4) is 0 Å². The van der Waals surface area contributed by atoms with E-state index in [0.717, 1.165) is 4.90 Å². The van der Waals surface area contributed by atoms with E-state index in [4.69, 9.17) is 4.74 Å². The smallest absolute Gasteiger partial charge is 0.415 e. The zero-order valence-electron chi connectivity index (χ0n) is 12.7. The summed E-state index contributed by atoms with van der Waals surface area (Å²) in [5.74, 6) is 0. The maximum Gasteiger partial charge on any atom is 0.415 e. The molecule has 0 aliphatic rings. The molecule has 0 saturated heterocycles. The quantitative estimate of drug-likeness (QED) is 0.795. The lowest BCUT2D eigenvalue weighted by atomic mass is 10.3. The van der Waals surface area contributed by atoms with Crippen LogP contribution in [0.15, 0.2) is 60.7 Å². The number of anilines is 2. The summed E-state index contributed by atoms with van der Waals surface area (Å²) in [6.45, 7) is 1.66. The van der Waals surface area contributed by atoms with Gasteiger partial charge in [-0.1, -0.05) is 36.4 Å². The van der Waals surface area contributed by atoms with Gasteiger partial charge in [0.25, 0.3) is 0 Å². The third-order valence-electron chi connectivity index (χ3n) is 3.13. The highest BCUT2D eigenvalue weighted by Gasteiger charge is 2.21. The van der Waals surface area contributed by atoms with E-state index in [0.29, 0.717) is 11.4 Å². The van der Waals surface area contributed by atoms with Crippen LogP contribution in [-0.4, -0.2) is 25.5 Å². The number of benzene rings is 2. The maximum atomic E-state index is 12.2. The van der Waals surface area contributed by atoms with Gasteiger partial charge in [-0.3, -0.25) is 4.90 Å². The Morgan fingerprint density at radius 3 is 1.83 bits per heavy atom. The Labute approximate surface area is 134 Å². The number of hydrogen-bond acceptors (Lipinski definition) is 4. The highest BCUT2D eigenvalue weighted by atomic mass is 16.6. The number of carboxylic acid groups (broad SMARTS) is 1. The van der Waals surface area contributed by atoms with Crippen LogP contribution >= 0.6 is 0 Å². The molecule has 23 heavy (non-hydrogen) atoms. The Balaban J connectivity index is 2.31. The number of nitrogens with zero attached hydrogens (tertiary/aromatic N) is 2. The number of para-hydroxylation sites is 2. The molecule has 6 nitrogen and oxygen atoms in total. The van der Waals surface area contributed by atoms with E-state index in [9.17, 15) is 14.7 Å². The molecule has 0 fully saturated rings. The summed E-state index contributed by atoms with van der Waals surface area (Å²) in [7, 11) is 0. The predicted octanol–water partition coefficient (Wildman–Crippen LogP) is 2.46. The van der Waals surface area contributed by atoms with Gasteiger partial charge < -0.3 is 19.5 Å². The molecular formula is C17H17N2O4-. The Morgan fingerprint density at radius 1 is 0.913 bits per heavy atom. The Hall–Kier alpha value is -3.02. The van der Waals surface area contributed by atoms with Crippen molar-refractivity contribution in [1.82, 2.24) is 0 Å². The first-order valence-electron chi connectivity index (χ1n) is 7.16. The summed E-state index contributed by atoms with van der Waals surface area (Å²) in [5, 5.41) is 11.5. The van der Waals surface area contributed by atoms with Crippen LogP contribution in [0.25, 0.3) is 0 Å². The molecule has 2 aromatic carbocycles. The second kappa shape index (κ2) is 7.84. The van der Waals surface area contributed by atoms with E-state index < -0.39 is 12.2 Å². The van der Waals surface area contributed by atoms with Crippen LogP contribution in [0.5, 0.6) is 0 Å². The zero-order valence-corrected chi connectivity index (χ0v) is 12.7. The molecule has 0 atom stereocenters. The van der Waals surface area contributed by atoms with E-state index in [-0.39, 0.29) is 13.3 Å². The molecule has 2 rings (SSSR count). The van der Waals surface area contributed by atoms with Gasteiger partial charge in [0, 0.05) is 11.4 Å². The van der Waals surface area contributed by atoms with Crippen molar-refractivity contribution in [2.75, 3.05) is 23.1 Å². The normalized spacial score (nSPS) is 9.96. The SMILES string of the molecule is CCOC(=O)N(CN(C(=O)[O-])c1ccccc1)c1ccccc1. The van der Waals surface area contributed by atoms with Crippen molar-refractivity contribution in [3.8, 4) is 0 Å². The van der Waals surface area contributed by atoms with Gasteiger partial charge in [-0.15, -0.1) is 0 Å². The molecule has 2 aromatic rings. The molecule has 0 unspecified atom stereocenters. The number of carbonyl (C=O) groups excluding carboxylic acids is 2. The van der Waals surface area contributed by atoms with Gasteiger partial charge in [0.1, 0.15) is 12.8 Å². The van der Waals surface area contributed by atoms with Crippen molar-refractivity contribution in [2.24, 2.45) is 0 Å². The fraction of sp³-hybridized carbons (Fsp3) is 0.176. The molecule has 0 N–H and O–H groups in total. The monoisotopic (exact) mass is 313 g/mol. The van der Waals surface area contributed by atoms with Crippen molar-refractivity contribution in [2.45, 2.75) is 6.92 Å². The number of ether oxygens (including phenoxy) is 1. The number of rotatable bonds is 5. The van der Waals surface area contributed by atoms with Crippen molar-refractivity contribution >= 4 is 23.6 Å². The summed E-state index contributed by atoms with van der Waals surface area (Å²) in [5.41, 5.74) is 0.950. The molecule has 0 aliphatic carbocycles. The first-order valence-corrected chi connectivity index (χ1v) is 7.16. The molecule has 0 radical (unpaired) electrons. The van der Waals surface area contributed by atoms with Crippen LogP contribution in [0, 0.1) is 0 Å². The molecular weight excluding hydrogens is 296 g/mol. The van der Waals surface area contributed by atoms with E-state index in [1.165, 1.54) is 4.90 Å². The summed E-state index contributed by atoms with van der Waals surface area (Å²) < 4.78 is 5.02. The number of amides is 2. The van der Waals surface area contributed by atoms with Crippen molar-refractivity contribution in [1.29, 1.82) is 0 Å². The molecule has 0 heterocycles. The fourth-order valence-electron chi connectivity index (χ4n) is 2.05. The molecule has 120 valence electrons. The van der Waals surface area contributed by atoms with Gasteiger partial charge in [-0.05, 0) is 31.2 Å². The third-order valence-corrected chi connectivity index (χ3v) is 3.13. The van der Waals surface area contributed by atoms with Crippen LogP contribution in [-0.2, 0) is 4.74 Å². The molecule has 2 amide bonds. The summed E-state index contributed by atoms with van der Waals surface area (Å²) in [4.78, 5) is 25.9. The number of hydrogen-bond donors (Lipinski definition) is 0. The first-order chi connectivity index (χ1) is 11.1. The topological polar surface area (TPSA) is 72.9 Å².